The molecule has 0 saturated heterocycles. The molecule has 0 aromatic carbocycles. The Morgan fingerprint density at radius 3 is 2.47 bits per heavy atom. The van der Waals surface area contributed by atoms with Crippen molar-refractivity contribution in [2.75, 3.05) is 0 Å². The van der Waals surface area contributed by atoms with Gasteiger partial charge in [0, 0.05) is 11.1 Å². The first-order valence-corrected chi connectivity index (χ1v) is 4.71. The van der Waals surface area contributed by atoms with E-state index in [9.17, 15) is 9.59 Å². The topological polar surface area (TPSA) is 59.3 Å². The molecule has 1 heterocycles. The number of nitrogens with one attached hydrogen (secondary N) is 1. The summed E-state index contributed by atoms with van der Waals surface area (Å²) in [6.07, 6.45) is 0.584. The highest BCUT2D eigenvalue weighted by Gasteiger charge is 2.20. The Morgan fingerprint density at radius 2 is 2.07 bits per heavy atom. The van der Waals surface area contributed by atoms with E-state index in [1.165, 1.54) is 0 Å². The molecule has 82 valence electrons. The van der Waals surface area contributed by atoms with Gasteiger partial charge in [0.2, 0.25) is 0 Å². The lowest BCUT2D eigenvalue weighted by Crippen LogP contribution is -2.40. The van der Waals surface area contributed by atoms with E-state index in [1.54, 1.807) is 13.0 Å². The van der Waals surface area contributed by atoms with Gasteiger partial charge >= 0.3 is 0 Å². The van der Waals surface area contributed by atoms with Crippen LogP contribution in [0.1, 0.15) is 47.4 Å². The molecule has 0 aliphatic rings. The molecular weight excluding hydrogens is 194 g/mol. The van der Waals surface area contributed by atoms with Crippen LogP contribution in [0.25, 0.3) is 0 Å². The summed E-state index contributed by atoms with van der Waals surface area (Å²) in [5.74, 6) is 0.0756. The lowest BCUT2D eigenvalue weighted by Gasteiger charge is -2.19. The van der Waals surface area contributed by atoms with E-state index in [0.29, 0.717) is 11.8 Å². The quantitative estimate of drug-likeness (QED) is 0.757. The SMILES string of the molecule is Cc1cc(C=O)oc1C(=O)NC(C)(C)C. The van der Waals surface area contributed by atoms with Crippen molar-refractivity contribution in [3.63, 3.8) is 0 Å². The summed E-state index contributed by atoms with van der Waals surface area (Å²) in [7, 11) is 0. The Morgan fingerprint density at radius 1 is 1.47 bits per heavy atom. The minimum absolute atomic E-state index is 0.173. The number of hydrogen-bond acceptors (Lipinski definition) is 3. The normalized spacial score (nSPS) is 11.2. The number of aldehydes is 1. The van der Waals surface area contributed by atoms with Crippen LogP contribution in [0, 0.1) is 6.92 Å². The number of rotatable bonds is 2. The van der Waals surface area contributed by atoms with Gasteiger partial charge in [-0.1, -0.05) is 0 Å². The Balaban J connectivity index is 2.91. The second-order valence-electron chi connectivity index (χ2n) is 4.48. The standard InChI is InChI=1S/C11H15NO3/c1-7-5-8(6-13)15-9(7)10(14)12-11(2,3)4/h5-6H,1-4H3,(H,12,14). The van der Waals surface area contributed by atoms with E-state index < -0.39 is 0 Å². The van der Waals surface area contributed by atoms with Crippen molar-refractivity contribution in [1.29, 1.82) is 0 Å². The van der Waals surface area contributed by atoms with E-state index in [2.05, 4.69) is 5.32 Å². The molecule has 0 aliphatic heterocycles. The zero-order valence-electron chi connectivity index (χ0n) is 9.38. The van der Waals surface area contributed by atoms with E-state index >= 15 is 0 Å². The van der Waals surface area contributed by atoms with E-state index in [0.717, 1.165) is 0 Å². The molecule has 4 heteroatoms. The molecule has 1 aromatic rings. The molecule has 4 nitrogen and oxygen atoms in total. The number of carbonyl (C=O) groups excluding carboxylic acids is 2. The van der Waals surface area contributed by atoms with Crippen LogP contribution in [-0.4, -0.2) is 17.7 Å². The second-order valence-corrected chi connectivity index (χ2v) is 4.48. The molecule has 1 aromatic heterocycles. The third kappa shape index (κ3) is 2.94. The van der Waals surface area contributed by atoms with Crippen molar-refractivity contribution >= 4 is 12.2 Å². The van der Waals surface area contributed by atoms with Gasteiger partial charge in [-0.05, 0) is 33.8 Å². The van der Waals surface area contributed by atoms with Crippen molar-refractivity contribution in [2.24, 2.45) is 0 Å². The first-order chi connectivity index (χ1) is 6.83. The second kappa shape index (κ2) is 3.88. The van der Waals surface area contributed by atoms with Crippen molar-refractivity contribution in [1.82, 2.24) is 5.32 Å². The van der Waals surface area contributed by atoms with Crippen LogP contribution in [-0.2, 0) is 0 Å². The first-order valence-electron chi connectivity index (χ1n) is 4.71. The van der Waals surface area contributed by atoms with Gasteiger partial charge in [0.25, 0.3) is 5.91 Å². The smallest absolute Gasteiger partial charge is 0.287 e. The van der Waals surface area contributed by atoms with Gasteiger partial charge in [0.1, 0.15) is 0 Å². The fourth-order valence-corrected chi connectivity index (χ4v) is 1.19. The highest BCUT2D eigenvalue weighted by Crippen LogP contribution is 2.14. The number of hydrogen-bond donors (Lipinski definition) is 1. The maximum absolute atomic E-state index is 11.7. The maximum Gasteiger partial charge on any atom is 0.287 e. The first kappa shape index (κ1) is 11.5. The monoisotopic (exact) mass is 209 g/mol. The fraction of sp³-hybridized carbons (Fsp3) is 0.455. The number of aryl methyl sites for hydroxylation is 1. The predicted molar refractivity (Wildman–Crippen MR) is 56.1 cm³/mol. The Bertz CT molecular complexity index is 385. The van der Waals surface area contributed by atoms with E-state index in [-0.39, 0.29) is 23.0 Å². The summed E-state index contributed by atoms with van der Waals surface area (Å²) >= 11 is 0. The average molecular weight is 209 g/mol. The van der Waals surface area contributed by atoms with Crippen molar-refractivity contribution in [2.45, 2.75) is 33.2 Å². The molecule has 1 N–H and O–H groups in total. The van der Waals surface area contributed by atoms with Crippen LogP contribution >= 0.6 is 0 Å². The van der Waals surface area contributed by atoms with Crippen LogP contribution in [0.4, 0.5) is 0 Å². The maximum atomic E-state index is 11.7. The largest absolute Gasteiger partial charge is 0.448 e. The predicted octanol–water partition coefficient (Wildman–Crippen LogP) is 1.93. The lowest BCUT2D eigenvalue weighted by molar-refractivity contribution is 0.0888. The third-order valence-electron chi connectivity index (χ3n) is 1.75. The van der Waals surface area contributed by atoms with Gasteiger partial charge < -0.3 is 9.73 Å². The molecule has 0 bridgehead atoms. The Kier molecular flexibility index (Phi) is 2.98. The summed E-state index contributed by atoms with van der Waals surface area (Å²) in [5, 5.41) is 2.77. The molecular formula is C11H15NO3. The summed E-state index contributed by atoms with van der Waals surface area (Å²) in [5.41, 5.74) is 0.344. The summed E-state index contributed by atoms with van der Waals surface area (Å²) in [6, 6.07) is 1.55. The van der Waals surface area contributed by atoms with Crippen molar-refractivity contribution < 1.29 is 14.0 Å². The molecule has 0 saturated carbocycles. The average Bonchev–Trinajstić information content (AvgIpc) is 2.43. The zero-order chi connectivity index (χ0) is 11.6. The highest BCUT2D eigenvalue weighted by atomic mass is 16.4. The molecule has 0 radical (unpaired) electrons. The Hall–Kier alpha value is -1.58. The zero-order valence-corrected chi connectivity index (χ0v) is 9.38. The summed E-state index contributed by atoms with van der Waals surface area (Å²) < 4.78 is 5.09. The van der Waals surface area contributed by atoms with Gasteiger partial charge in [-0.25, -0.2) is 0 Å². The number of amides is 1. The van der Waals surface area contributed by atoms with Gasteiger partial charge in [0.15, 0.2) is 17.8 Å². The van der Waals surface area contributed by atoms with Crippen molar-refractivity contribution in [3.05, 3.63) is 23.2 Å². The summed E-state index contributed by atoms with van der Waals surface area (Å²) in [4.78, 5) is 22.1. The van der Waals surface area contributed by atoms with Gasteiger partial charge in [-0.2, -0.15) is 0 Å². The molecule has 0 fully saturated rings. The molecule has 1 amide bonds. The van der Waals surface area contributed by atoms with Gasteiger partial charge in [-0.15, -0.1) is 0 Å². The minimum Gasteiger partial charge on any atom is -0.448 e. The van der Waals surface area contributed by atoms with E-state index in [1.807, 2.05) is 20.8 Å². The minimum atomic E-state index is -0.322. The number of carbonyl (C=O) groups is 2. The van der Waals surface area contributed by atoms with E-state index in [4.69, 9.17) is 4.42 Å². The molecule has 0 spiro atoms. The van der Waals surface area contributed by atoms with Gasteiger partial charge in [0.05, 0.1) is 0 Å². The molecule has 1 rings (SSSR count). The van der Waals surface area contributed by atoms with Gasteiger partial charge in [-0.3, -0.25) is 9.59 Å². The Labute approximate surface area is 88.7 Å². The number of furan rings is 1. The molecule has 15 heavy (non-hydrogen) atoms. The lowest BCUT2D eigenvalue weighted by atomic mass is 10.1. The summed E-state index contributed by atoms with van der Waals surface area (Å²) in [6.45, 7) is 7.37. The van der Waals surface area contributed by atoms with Crippen molar-refractivity contribution in [3.8, 4) is 0 Å². The van der Waals surface area contributed by atoms with Crippen LogP contribution in [0.3, 0.4) is 0 Å². The highest BCUT2D eigenvalue weighted by molar-refractivity contribution is 5.94. The third-order valence-corrected chi connectivity index (χ3v) is 1.75. The molecule has 0 aliphatic carbocycles. The fourth-order valence-electron chi connectivity index (χ4n) is 1.19. The molecule has 0 atom stereocenters. The van der Waals surface area contributed by atoms with Crippen LogP contribution in [0.5, 0.6) is 0 Å². The van der Waals surface area contributed by atoms with Crippen LogP contribution < -0.4 is 5.32 Å². The van der Waals surface area contributed by atoms with Crippen LogP contribution in [0.15, 0.2) is 10.5 Å². The van der Waals surface area contributed by atoms with Crippen LogP contribution in [0.2, 0.25) is 0 Å². The molecule has 0 unspecified atom stereocenters.